The molecule has 0 radical (unpaired) electrons. The fourth-order valence-electron chi connectivity index (χ4n) is 0.429. The Bertz CT molecular complexity index is 53.0. The monoisotopic (exact) mass is 180 g/mol. The second-order valence-corrected chi connectivity index (χ2v) is 1.94. The summed E-state index contributed by atoms with van der Waals surface area (Å²) in [5.41, 5.74) is 0. The molecule has 0 heterocycles. The molecule has 0 spiro atoms. The number of hydrogen-bond donors (Lipinski definition) is 1. The summed E-state index contributed by atoms with van der Waals surface area (Å²) >= 11 is 0. The van der Waals surface area contributed by atoms with Gasteiger partial charge in [-0.2, -0.15) is 0 Å². The van der Waals surface area contributed by atoms with Crippen LogP contribution in [0.25, 0.3) is 0 Å². The van der Waals surface area contributed by atoms with Crippen LogP contribution in [0.15, 0.2) is 0 Å². The van der Waals surface area contributed by atoms with Crippen molar-refractivity contribution in [2.75, 3.05) is 47.3 Å². The molecule has 0 amide bonds. The van der Waals surface area contributed by atoms with Gasteiger partial charge in [0.15, 0.2) is 0 Å². The number of methoxy groups -OCH3 is 1. The average Bonchev–Trinajstić information content (AvgIpc) is 2.06. The first-order valence-corrected chi connectivity index (χ1v) is 3.99. The number of aliphatic hydroxyl groups is 1. The summed E-state index contributed by atoms with van der Waals surface area (Å²) in [6, 6.07) is 0. The lowest BCUT2D eigenvalue weighted by molar-refractivity contribution is 0.0370. The Morgan fingerprint density at radius 2 is 1.50 bits per heavy atom. The molecule has 0 aliphatic carbocycles. The lowest BCUT2D eigenvalue weighted by Gasteiger charge is -2.00. The third-order valence-corrected chi connectivity index (χ3v) is 0.812. The van der Waals surface area contributed by atoms with Gasteiger partial charge in [-0.1, -0.05) is 0 Å². The van der Waals surface area contributed by atoms with E-state index in [0.717, 1.165) is 6.61 Å². The first-order chi connectivity index (χ1) is 5.83. The standard InChI is InChI=1S/C6H14O3.C2H6O/c1-2-8-5-6-9-4-3-7;1-3-2/h7H,2-6H2,1H3;1-2H3. The Morgan fingerprint density at radius 1 is 1.00 bits per heavy atom. The van der Waals surface area contributed by atoms with E-state index in [-0.39, 0.29) is 6.61 Å². The number of ether oxygens (including phenoxy) is 3. The summed E-state index contributed by atoms with van der Waals surface area (Å²) in [7, 11) is 3.25. The van der Waals surface area contributed by atoms with Crippen molar-refractivity contribution in [1.82, 2.24) is 0 Å². The molecule has 12 heavy (non-hydrogen) atoms. The third-order valence-electron chi connectivity index (χ3n) is 0.812. The first-order valence-electron chi connectivity index (χ1n) is 3.99. The number of hydrogen-bond acceptors (Lipinski definition) is 4. The van der Waals surface area contributed by atoms with Crippen molar-refractivity contribution in [2.24, 2.45) is 0 Å². The van der Waals surface area contributed by atoms with E-state index >= 15 is 0 Å². The minimum Gasteiger partial charge on any atom is -0.394 e. The van der Waals surface area contributed by atoms with E-state index < -0.39 is 0 Å². The smallest absolute Gasteiger partial charge is 0.0701 e. The van der Waals surface area contributed by atoms with E-state index in [4.69, 9.17) is 14.6 Å². The Hall–Kier alpha value is -0.160. The van der Waals surface area contributed by atoms with Crippen LogP contribution in [0.5, 0.6) is 0 Å². The normalized spacial score (nSPS) is 9.00. The van der Waals surface area contributed by atoms with Crippen molar-refractivity contribution < 1.29 is 19.3 Å². The molecule has 76 valence electrons. The summed E-state index contributed by atoms with van der Waals surface area (Å²) in [6.45, 7) is 4.36. The molecule has 0 saturated carbocycles. The second kappa shape index (κ2) is 17.1. The molecular formula is C8H20O4. The quantitative estimate of drug-likeness (QED) is 0.597. The van der Waals surface area contributed by atoms with Crippen molar-refractivity contribution in [1.29, 1.82) is 0 Å². The number of rotatable bonds is 6. The molecular weight excluding hydrogens is 160 g/mol. The van der Waals surface area contributed by atoms with Crippen LogP contribution in [0.4, 0.5) is 0 Å². The molecule has 0 unspecified atom stereocenters. The molecule has 0 atom stereocenters. The topological polar surface area (TPSA) is 47.9 Å². The third kappa shape index (κ3) is 22.5. The highest BCUT2D eigenvalue weighted by Crippen LogP contribution is 1.76. The molecule has 0 aromatic rings. The van der Waals surface area contributed by atoms with Gasteiger partial charge in [0.1, 0.15) is 0 Å². The van der Waals surface area contributed by atoms with Gasteiger partial charge in [-0.15, -0.1) is 0 Å². The highest BCUT2D eigenvalue weighted by molar-refractivity contribution is 4.28. The first kappa shape index (κ1) is 14.4. The Kier molecular flexibility index (Phi) is 20.4. The minimum atomic E-state index is 0.0894. The van der Waals surface area contributed by atoms with Gasteiger partial charge in [-0.25, -0.2) is 0 Å². The Balaban J connectivity index is 0. The maximum absolute atomic E-state index is 8.26. The van der Waals surface area contributed by atoms with Crippen LogP contribution < -0.4 is 0 Å². The van der Waals surface area contributed by atoms with Gasteiger partial charge < -0.3 is 19.3 Å². The van der Waals surface area contributed by atoms with E-state index in [1.807, 2.05) is 6.92 Å². The van der Waals surface area contributed by atoms with E-state index in [0.29, 0.717) is 19.8 Å². The lowest BCUT2D eigenvalue weighted by atomic mass is 10.7. The molecule has 0 fully saturated rings. The molecule has 4 heteroatoms. The van der Waals surface area contributed by atoms with Crippen molar-refractivity contribution in [3.63, 3.8) is 0 Å². The van der Waals surface area contributed by atoms with Crippen molar-refractivity contribution >= 4 is 0 Å². The van der Waals surface area contributed by atoms with Crippen molar-refractivity contribution in [3.8, 4) is 0 Å². The molecule has 0 saturated heterocycles. The van der Waals surface area contributed by atoms with E-state index in [1.165, 1.54) is 0 Å². The minimum absolute atomic E-state index is 0.0894. The maximum Gasteiger partial charge on any atom is 0.0701 e. The van der Waals surface area contributed by atoms with E-state index in [2.05, 4.69) is 4.74 Å². The van der Waals surface area contributed by atoms with Crippen LogP contribution >= 0.6 is 0 Å². The van der Waals surface area contributed by atoms with Crippen LogP contribution in [-0.4, -0.2) is 52.4 Å². The largest absolute Gasteiger partial charge is 0.394 e. The Morgan fingerprint density at radius 3 is 1.92 bits per heavy atom. The molecule has 0 aliphatic rings. The zero-order valence-electron chi connectivity index (χ0n) is 8.21. The summed E-state index contributed by atoms with van der Waals surface area (Å²) in [6.07, 6.45) is 0. The van der Waals surface area contributed by atoms with E-state index in [1.54, 1.807) is 14.2 Å². The van der Waals surface area contributed by atoms with Crippen LogP contribution in [0, 0.1) is 0 Å². The predicted molar refractivity (Wildman–Crippen MR) is 47.3 cm³/mol. The fraction of sp³-hybridized carbons (Fsp3) is 1.00. The SMILES string of the molecule is CCOCCOCCO.COC. The molecule has 1 N–H and O–H groups in total. The molecule has 0 bridgehead atoms. The van der Waals surface area contributed by atoms with Crippen LogP contribution in [0.1, 0.15) is 6.92 Å². The van der Waals surface area contributed by atoms with Crippen molar-refractivity contribution in [3.05, 3.63) is 0 Å². The highest BCUT2D eigenvalue weighted by atomic mass is 16.5. The maximum atomic E-state index is 8.26. The van der Waals surface area contributed by atoms with Gasteiger partial charge >= 0.3 is 0 Å². The zero-order valence-corrected chi connectivity index (χ0v) is 8.21. The Labute approximate surface area is 74.4 Å². The summed E-state index contributed by atoms with van der Waals surface area (Å²) in [5, 5.41) is 8.26. The average molecular weight is 180 g/mol. The second-order valence-electron chi connectivity index (χ2n) is 1.94. The van der Waals surface area contributed by atoms with Crippen LogP contribution in [-0.2, 0) is 14.2 Å². The van der Waals surface area contributed by atoms with Gasteiger partial charge in [0.25, 0.3) is 0 Å². The van der Waals surface area contributed by atoms with Gasteiger partial charge in [0.05, 0.1) is 26.4 Å². The van der Waals surface area contributed by atoms with Gasteiger partial charge in [-0.05, 0) is 6.92 Å². The van der Waals surface area contributed by atoms with Gasteiger partial charge in [-0.3, -0.25) is 0 Å². The number of aliphatic hydroxyl groups excluding tert-OH is 1. The van der Waals surface area contributed by atoms with Gasteiger partial charge in [0.2, 0.25) is 0 Å². The predicted octanol–water partition coefficient (Wildman–Crippen LogP) is 0.294. The molecule has 0 rings (SSSR count). The van der Waals surface area contributed by atoms with Crippen molar-refractivity contribution in [2.45, 2.75) is 6.92 Å². The highest BCUT2D eigenvalue weighted by Gasteiger charge is 1.84. The summed E-state index contributed by atoms with van der Waals surface area (Å²) in [5.74, 6) is 0. The summed E-state index contributed by atoms with van der Waals surface area (Å²) < 4.78 is 14.1. The van der Waals surface area contributed by atoms with E-state index in [9.17, 15) is 0 Å². The molecule has 0 aliphatic heterocycles. The zero-order chi connectivity index (χ0) is 9.66. The molecule has 4 nitrogen and oxygen atoms in total. The molecule has 0 aromatic heterocycles. The molecule has 0 aromatic carbocycles. The van der Waals surface area contributed by atoms with Gasteiger partial charge in [0, 0.05) is 20.8 Å². The lowest BCUT2D eigenvalue weighted by Crippen LogP contribution is -2.06. The fourth-order valence-corrected chi connectivity index (χ4v) is 0.429. The summed E-state index contributed by atoms with van der Waals surface area (Å²) in [4.78, 5) is 0. The van der Waals surface area contributed by atoms with Crippen LogP contribution in [0.3, 0.4) is 0 Å². The van der Waals surface area contributed by atoms with Crippen LogP contribution in [0.2, 0.25) is 0 Å².